The smallest absolute Gasteiger partial charge is 0.214 e. The van der Waals surface area contributed by atoms with Crippen molar-refractivity contribution >= 4 is 10.0 Å². The van der Waals surface area contributed by atoms with E-state index in [1.54, 1.807) is 13.2 Å². The van der Waals surface area contributed by atoms with Gasteiger partial charge in [-0.3, -0.25) is 4.98 Å². The summed E-state index contributed by atoms with van der Waals surface area (Å²) >= 11 is 0. The Morgan fingerprint density at radius 2 is 2.25 bits per heavy atom. The molecule has 1 aliphatic rings. The fourth-order valence-corrected chi connectivity index (χ4v) is 3.62. The molecule has 2 rings (SSSR count). The molecule has 2 heterocycles. The SMILES string of the molecule is CN(CC1CCCCN1)S(=O)(=O)CCc1ccccn1. The van der Waals surface area contributed by atoms with Gasteiger partial charge in [-0.25, -0.2) is 12.7 Å². The van der Waals surface area contributed by atoms with Crippen LogP contribution in [0.4, 0.5) is 0 Å². The number of rotatable bonds is 6. The number of aromatic nitrogens is 1. The van der Waals surface area contributed by atoms with Crippen molar-refractivity contribution in [1.82, 2.24) is 14.6 Å². The molecule has 0 aliphatic carbocycles. The predicted octanol–water partition coefficient (Wildman–Crippen LogP) is 1.03. The van der Waals surface area contributed by atoms with Crippen LogP contribution in [0.2, 0.25) is 0 Å². The van der Waals surface area contributed by atoms with Crippen molar-refractivity contribution in [3.63, 3.8) is 0 Å². The molecular weight excluding hydrogens is 274 g/mol. The molecule has 1 N–H and O–H groups in total. The van der Waals surface area contributed by atoms with Crippen LogP contribution in [0.15, 0.2) is 24.4 Å². The van der Waals surface area contributed by atoms with E-state index in [2.05, 4.69) is 10.3 Å². The van der Waals surface area contributed by atoms with Crippen molar-refractivity contribution in [3.05, 3.63) is 30.1 Å². The highest BCUT2D eigenvalue weighted by Crippen LogP contribution is 2.10. The van der Waals surface area contributed by atoms with Crippen LogP contribution in [0.5, 0.6) is 0 Å². The second kappa shape index (κ2) is 7.15. The average molecular weight is 297 g/mol. The Kier molecular flexibility index (Phi) is 5.51. The Bertz CT molecular complexity index is 498. The van der Waals surface area contributed by atoms with Gasteiger partial charge in [0, 0.05) is 37.9 Å². The minimum absolute atomic E-state index is 0.118. The van der Waals surface area contributed by atoms with E-state index in [-0.39, 0.29) is 5.75 Å². The molecule has 1 atom stereocenters. The monoisotopic (exact) mass is 297 g/mol. The standard InChI is InChI=1S/C14H23N3O2S/c1-17(12-14-7-3-5-10-16-14)20(18,19)11-8-13-6-2-4-9-15-13/h2,4,6,9,14,16H,3,5,7-8,10-12H2,1H3. The van der Waals surface area contributed by atoms with E-state index in [1.165, 1.54) is 17.1 Å². The molecule has 0 aromatic carbocycles. The van der Waals surface area contributed by atoms with E-state index >= 15 is 0 Å². The van der Waals surface area contributed by atoms with Gasteiger partial charge in [-0.15, -0.1) is 0 Å². The molecule has 5 nitrogen and oxygen atoms in total. The topological polar surface area (TPSA) is 62.3 Å². The number of hydrogen-bond acceptors (Lipinski definition) is 4. The zero-order valence-electron chi connectivity index (χ0n) is 12.0. The summed E-state index contributed by atoms with van der Waals surface area (Å²) in [6, 6.07) is 5.86. The third-order valence-electron chi connectivity index (χ3n) is 3.71. The summed E-state index contributed by atoms with van der Waals surface area (Å²) < 4.78 is 26.0. The number of sulfonamides is 1. The first-order valence-corrected chi connectivity index (χ1v) is 8.76. The van der Waals surface area contributed by atoms with Gasteiger partial charge in [0.15, 0.2) is 0 Å². The van der Waals surface area contributed by atoms with Crippen molar-refractivity contribution in [1.29, 1.82) is 0 Å². The van der Waals surface area contributed by atoms with Crippen molar-refractivity contribution in [2.45, 2.75) is 31.7 Å². The first-order valence-electron chi connectivity index (χ1n) is 7.15. The number of likely N-dealkylation sites (N-methyl/N-ethyl adjacent to an activating group) is 1. The van der Waals surface area contributed by atoms with Gasteiger partial charge in [-0.05, 0) is 31.5 Å². The molecule has 1 aliphatic heterocycles. The maximum absolute atomic E-state index is 12.2. The highest BCUT2D eigenvalue weighted by atomic mass is 32.2. The minimum Gasteiger partial charge on any atom is -0.313 e. The number of pyridine rings is 1. The van der Waals surface area contributed by atoms with Crippen molar-refractivity contribution in [3.8, 4) is 0 Å². The molecule has 20 heavy (non-hydrogen) atoms. The number of nitrogens with one attached hydrogen (secondary N) is 1. The van der Waals surface area contributed by atoms with E-state index < -0.39 is 10.0 Å². The third-order valence-corrected chi connectivity index (χ3v) is 5.53. The summed E-state index contributed by atoms with van der Waals surface area (Å²) in [5.74, 6) is 0.118. The molecule has 1 saturated heterocycles. The van der Waals surface area contributed by atoms with E-state index in [0.717, 1.165) is 18.7 Å². The van der Waals surface area contributed by atoms with Gasteiger partial charge in [0.2, 0.25) is 10.0 Å². The zero-order chi connectivity index (χ0) is 14.4. The van der Waals surface area contributed by atoms with Gasteiger partial charge in [0.05, 0.1) is 5.75 Å². The van der Waals surface area contributed by atoms with E-state index in [0.29, 0.717) is 19.0 Å². The van der Waals surface area contributed by atoms with E-state index in [4.69, 9.17) is 0 Å². The summed E-state index contributed by atoms with van der Waals surface area (Å²) in [5, 5.41) is 3.38. The van der Waals surface area contributed by atoms with Crippen molar-refractivity contribution in [2.24, 2.45) is 0 Å². The number of piperidine rings is 1. The van der Waals surface area contributed by atoms with Crippen LogP contribution >= 0.6 is 0 Å². The van der Waals surface area contributed by atoms with Gasteiger partial charge in [0.25, 0.3) is 0 Å². The zero-order valence-corrected chi connectivity index (χ0v) is 12.8. The molecule has 0 radical (unpaired) electrons. The third kappa shape index (κ3) is 4.54. The Morgan fingerprint density at radius 3 is 2.90 bits per heavy atom. The molecule has 0 spiro atoms. The number of aryl methyl sites for hydroxylation is 1. The van der Waals surface area contributed by atoms with Gasteiger partial charge >= 0.3 is 0 Å². The first kappa shape index (κ1) is 15.4. The molecule has 0 saturated carbocycles. The summed E-state index contributed by atoms with van der Waals surface area (Å²) in [6.45, 7) is 1.55. The van der Waals surface area contributed by atoms with E-state index in [1.807, 2.05) is 18.2 Å². The molecular formula is C14H23N3O2S. The highest BCUT2D eigenvalue weighted by Gasteiger charge is 2.22. The Balaban J connectivity index is 1.85. The predicted molar refractivity (Wildman–Crippen MR) is 80.0 cm³/mol. The lowest BCUT2D eigenvalue weighted by Gasteiger charge is -2.27. The molecule has 0 bridgehead atoms. The van der Waals surface area contributed by atoms with Gasteiger partial charge < -0.3 is 5.32 Å². The Morgan fingerprint density at radius 1 is 1.40 bits per heavy atom. The van der Waals surface area contributed by atoms with Crippen LogP contribution in [-0.2, 0) is 16.4 Å². The lowest BCUT2D eigenvalue weighted by Crippen LogP contribution is -2.44. The number of nitrogens with zero attached hydrogens (tertiary/aromatic N) is 2. The normalized spacial score (nSPS) is 20.2. The molecule has 1 unspecified atom stereocenters. The summed E-state index contributed by atoms with van der Waals surface area (Å²) in [5.41, 5.74) is 0.820. The van der Waals surface area contributed by atoms with Crippen LogP contribution in [0.1, 0.15) is 25.0 Å². The van der Waals surface area contributed by atoms with Crippen LogP contribution in [0.25, 0.3) is 0 Å². The van der Waals surface area contributed by atoms with Gasteiger partial charge in [-0.1, -0.05) is 12.5 Å². The summed E-state index contributed by atoms with van der Waals surface area (Å²) in [7, 11) is -1.53. The van der Waals surface area contributed by atoms with Crippen LogP contribution in [-0.4, -0.2) is 49.6 Å². The Hall–Kier alpha value is -0.980. The van der Waals surface area contributed by atoms with Crippen molar-refractivity contribution < 1.29 is 8.42 Å². The van der Waals surface area contributed by atoms with Crippen LogP contribution in [0.3, 0.4) is 0 Å². The van der Waals surface area contributed by atoms with Gasteiger partial charge in [0.1, 0.15) is 0 Å². The fraction of sp³-hybridized carbons (Fsp3) is 0.643. The maximum Gasteiger partial charge on any atom is 0.214 e. The van der Waals surface area contributed by atoms with Crippen LogP contribution < -0.4 is 5.32 Å². The molecule has 0 amide bonds. The first-order chi connectivity index (χ1) is 9.58. The molecule has 112 valence electrons. The van der Waals surface area contributed by atoms with E-state index in [9.17, 15) is 8.42 Å². The largest absolute Gasteiger partial charge is 0.313 e. The fourth-order valence-electron chi connectivity index (χ4n) is 2.44. The lowest BCUT2D eigenvalue weighted by molar-refractivity contribution is 0.337. The highest BCUT2D eigenvalue weighted by molar-refractivity contribution is 7.89. The van der Waals surface area contributed by atoms with Crippen LogP contribution in [0, 0.1) is 0 Å². The molecule has 1 aromatic heterocycles. The summed E-state index contributed by atoms with van der Waals surface area (Å²) in [4.78, 5) is 4.16. The lowest BCUT2D eigenvalue weighted by atomic mass is 10.1. The second-order valence-electron chi connectivity index (χ2n) is 5.31. The Labute approximate surface area is 121 Å². The minimum atomic E-state index is -3.20. The average Bonchev–Trinajstić information content (AvgIpc) is 2.47. The molecule has 1 aromatic rings. The van der Waals surface area contributed by atoms with Gasteiger partial charge in [-0.2, -0.15) is 0 Å². The quantitative estimate of drug-likeness (QED) is 0.852. The number of hydrogen-bond donors (Lipinski definition) is 1. The maximum atomic E-state index is 12.2. The molecule has 1 fully saturated rings. The summed E-state index contributed by atoms with van der Waals surface area (Å²) in [6.07, 6.45) is 5.58. The van der Waals surface area contributed by atoms with Crippen molar-refractivity contribution in [2.75, 3.05) is 25.9 Å². The molecule has 6 heteroatoms. The second-order valence-corrected chi connectivity index (χ2v) is 7.51.